The van der Waals surface area contributed by atoms with Gasteiger partial charge >= 0.3 is 6.18 Å². The summed E-state index contributed by atoms with van der Waals surface area (Å²) in [6.07, 6.45) is -3.76. The molecule has 0 heterocycles. The topological polar surface area (TPSA) is 17.1 Å². The maximum absolute atomic E-state index is 12.5. The predicted octanol–water partition coefficient (Wildman–Crippen LogP) is 3.36. The van der Waals surface area contributed by atoms with E-state index < -0.39 is 17.1 Å². The van der Waals surface area contributed by atoms with Gasteiger partial charge in [0.15, 0.2) is 0 Å². The molecule has 0 saturated carbocycles. The highest BCUT2D eigenvalue weighted by atomic mass is 35.5. The third kappa shape index (κ3) is 3.23. The van der Waals surface area contributed by atoms with Crippen LogP contribution in [-0.4, -0.2) is 11.7 Å². The molecule has 1 nitrogen and oxygen atoms in total. The van der Waals surface area contributed by atoms with Crippen LogP contribution in [0.25, 0.3) is 0 Å². The molecule has 0 amide bonds. The zero-order valence-electron chi connectivity index (χ0n) is 8.51. The van der Waals surface area contributed by atoms with E-state index >= 15 is 0 Å². The van der Waals surface area contributed by atoms with E-state index in [9.17, 15) is 18.0 Å². The molecule has 0 spiro atoms. The molecule has 5 heteroatoms. The molecule has 0 fully saturated rings. The van der Waals surface area contributed by atoms with Crippen molar-refractivity contribution in [2.24, 2.45) is 0 Å². The van der Waals surface area contributed by atoms with Crippen LogP contribution in [0.2, 0.25) is 0 Å². The summed E-state index contributed by atoms with van der Waals surface area (Å²) in [5.41, 5.74) is -0.113. The Morgan fingerprint density at radius 3 is 2.56 bits per heavy atom. The smallest absolute Gasteiger partial charge is 0.302 e. The Labute approximate surface area is 96.2 Å². The van der Waals surface area contributed by atoms with Gasteiger partial charge in [-0.2, -0.15) is 13.2 Å². The number of alkyl halides is 4. The van der Waals surface area contributed by atoms with Crippen LogP contribution in [0.15, 0.2) is 18.2 Å². The van der Waals surface area contributed by atoms with Gasteiger partial charge in [0.1, 0.15) is 6.29 Å². The fraction of sp³-hybridized carbons (Fsp3) is 0.364. The highest BCUT2D eigenvalue weighted by Gasteiger charge is 2.32. The highest BCUT2D eigenvalue weighted by Crippen LogP contribution is 2.32. The number of aryl methyl sites for hydroxylation is 1. The minimum atomic E-state index is -4.37. The lowest BCUT2D eigenvalue weighted by molar-refractivity contribution is -0.138. The summed E-state index contributed by atoms with van der Waals surface area (Å²) < 4.78 is 37.6. The third-order valence-corrected chi connectivity index (χ3v) is 2.44. The first-order valence-corrected chi connectivity index (χ1v) is 5.04. The van der Waals surface area contributed by atoms with Crippen LogP contribution in [0, 0.1) is 6.92 Å². The van der Waals surface area contributed by atoms with E-state index in [1.807, 2.05) is 0 Å². The first-order valence-electron chi connectivity index (χ1n) is 4.60. The first kappa shape index (κ1) is 13.0. The molecule has 0 N–H and O–H groups in total. The molecule has 0 saturated heterocycles. The highest BCUT2D eigenvalue weighted by molar-refractivity contribution is 6.27. The SMILES string of the molecule is Cc1ccc(CC(Cl)C=O)cc1C(F)(F)F. The van der Waals surface area contributed by atoms with Gasteiger partial charge < -0.3 is 4.79 Å². The third-order valence-electron chi connectivity index (χ3n) is 2.19. The van der Waals surface area contributed by atoms with E-state index in [1.165, 1.54) is 13.0 Å². The van der Waals surface area contributed by atoms with Gasteiger partial charge in [0.05, 0.1) is 10.9 Å². The normalized spacial score (nSPS) is 13.6. The molecule has 0 aliphatic heterocycles. The molecular formula is C11H10ClF3O. The molecule has 1 rings (SSSR count). The Hall–Kier alpha value is -1.03. The molecule has 0 aliphatic rings. The van der Waals surface area contributed by atoms with E-state index in [4.69, 9.17) is 11.6 Å². The Bertz CT molecular complexity index is 387. The molecule has 1 aromatic carbocycles. The Balaban J connectivity index is 3.03. The fourth-order valence-electron chi connectivity index (χ4n) is 1.37. The lowest BCUT2D eigenvalue weighted by atomic mass is 10.0. The van der Waals surface area contributed by atoms with E-state index in [1.54, 1.807) is 6.07 Å². The van der Waals surface area contributed by atoms with Crippen molar-refractivity contribution in [3.63, 3.8) is 0 Å². The van der Waals surface area contributed by atoms with Crippen molar-refractivity contribution in [3.8, 4) is 0 Å². The van der Waals surface area contributed by atoms with Crippen LogP contribution in [0.4, 0.5) is 13.2 Å². The lowest BCUT2D eigenvalue weighted by Crippen LogP contribution is -2.10. The fourth-order valence-corrected chi connectivity index (χ4v) is 1.55. The number of hydrogen-bond acceptors (Lipinski definition) is 1. The van der Waals surface area contributed by atoms with Gasteiger partial charge in [0.25, 0.3) is 0 Å². The van der Waals surface area contributed by atoms with Gasteiger partial charge in [0.2, 0.25) is 0 Å². The van der Waals surface area contributed by atoms with Crippen LogP contribution >= 0.6 is 11.6 Å². The van der Waals surface area contributed by atoms with Crippen LogP contribution in [0.3, 0.4) is 0 Å². The molecule has 1 unspecified atom stereocenters. The molecule has 1 atom stereocenters. The largest absolute Gasteiger partial charge is 0.416 e. The van der Waals surface area contributed by atoms with Crippen molar-refractivity contribution < 1.29 is 18.0 Å². The van der Waals surface area contributed by atoms with Crippen molar-refractivity contribution in [2.45, 2.75) is 24.9 Å². The quantitative estimate of drug-likeness (QED) is 0.594. The lowest BCUT2D eigenvalue weighted by Gasteiger charge is -2.12. The summed E-state index contributed by atoms with van der Waals surface area (Å²) in [4.78, 5) is 10.3. The summed E-state index contributed by atoms with van der Waals surface area (Å²) in [7, 11) is 0. The van der Waals surface area contributed by atoms with Crippen LogP contribution in [-0.2, 0) is 17.4 Å². The summed E-state index contributed by atoms with van der Waals surface area (Å²) in [6.45, 7) is 1.39. The zero-order valence-corrected chi connectivity index (χ0v) is 9.27. The monoisotopic (exact) mass is 250 g/mol. The second-order valence-corrected chi connectivity index (χ2v) is 4.06. The summed E-state index contributed by atoms with van der Waals surface area (Å²) in [5, 5.41) is -0.788. The standard InChI is InChI=1S/C11H10ClF3O/c1-7-2-3-8(4-9(12)6-16)5-10(7)11(13,14)15/h2-3,5-6,9H,4H2,1H3. The van der Waals surface area contributed by atoms with Gasteiger partial charge in [0, 0.05) is 0 Å². The molecule has 88 valence electrons. The van der Waals surface area contributed by atoms with Gasteiger partial charge in [-0.25, -0.2) is 0 Å². The van der Waals surface area contributed by atoms with Gasteiger partial charge in [-0.3, -0.25) is 0 Å². The average molecular weight is 251 g/mol. The molecule has 0 radical (unpaired) electrons. The maximum Gasteiger partial charge on any atom is 0.416 e. The summed E-state index contributed by atoms with van der Waals surface area (Å²) in [6, 6.07) is 3.96. The second-order valence-electron chi connectivity index (χ2n) is 3.50. The number of benzene rings is 1. The number of rotatable bonds is 3. The van der Waals surface area contributed by atoms with Crippen LogP contribution < -0.4 is 0 Å². The zero-order chi connectivity index (χ0) is 12.3. The van der Waals surface area contributed by atoms with Crippen molar-refractivity contribution in [1.82, 2.24) is 0 Å². The number of aldehydes is 1. The van der Waals surface area contributed by atoms with E-state index in [2.05, 4.69) is 0 Å². The number of carbonyl (C=O) groups excluding carboxylic acids is 1. The molecule has 0 aliphatic carbocycles. The number of halogens is 4. The van der Waals surface area contributed by atoms with Crippen molar-refractivity contribution in [2.75, 3.05) is 0 Å². The van der Waals surface area contributed by atoms with Crippen molar-refractivity contribution in [3.05, 3.63) is 34.9 Å². The van der Waals surface area contributed by atoms with Crippen molar-refractivity contribution >= 4 is 17.9 Å². The average Bonchev–Trinajstić information content (AvgIpc) is 2.19. The van der Waals surface area contributed by atoms with Crippen LogP contribution in [0.1, 0.15) is 16.7 Å². The van der Waals surface area contributed by atoms with Gasteiger partial charge in [-0.15, -0.1) is 11.6 Å². The Morgan fingerprint density at radius 1 is 1.44 bits per heavy atom. The van der Waals surface area contributed by atoms with Crippen molar-refractivity contribution in [1.29, 1.82) is 0 Å². The predicted molar refractivity (Wildman–Crippen MR) is 55.6 cm³/mol. The van der Waals surface area contributed by atoms with Gasteiger partial charge in [-0.05, 0) is 30.5 Å². The maximum atomic E-state index is 12.5. The van der Waals surface area contributed by atoms with Crippen LogP contribution in [0.5, 0.6) is 0 Å². The second kappa shape index (κ2) is 4.87. The molecule has 16 heavy (non-hydrogen) atoms. The molecule has 0 bridgehead atoms. The molecular weight excluding hydrogens is 241 g/mol. The minimum absolute atomic E-state index is 0.106. The first-order chi connectivity index (χ1) is 7.34. The summed E-state index contributed by atoms with van der Waals surface area (Å²) >= 11 is 5.56. The summed E-state index contributed by atoms with van der Waals surface area (Å²) in [5.74, 6) is 0. The Kier molecular flexibility index (Phi) is 3.97. The number of hydrogen-bond donors (Lipinski definition) is 0. The Morgan fingerprint density at radius 2 is 2.06 bits per heavy atom. The minimum Gasteiger partial charge on any atom is -0.302 e. The molecule has 1 aromatic rings. The van der Waals surface area contributed by atoms with E-state index in [-0.39, 0.29) is 12.0 Å². The van der Waals surface area contributed by atoms with Gasteiger partial charge in [-0.1, -0.05) is 12.1 Å². The van der Waals surface area contributed by atoms with E-state index in [0.29, 0.717) is 11.8 Å². The molecule has 0 aromatic heterocycles. The number of carbonyl (C=O) groups is 1. The van der Waals surface area contributed by atoms with E-state index in [0.717, 1.165) is 6.07 Å².